The van der Waals surface area contributed by atoms with Crippen molar-refractivity contribution in [3.05, 3.63) is 147 Å². The second-order valence-electron chi connectivity index (χ2n) is 17.3. The normalized spacial score (nSPS) is 17.1. The first-order chi connectivity index (χ1) is 31.4. The molecule has 0 amide bonds. The fourth-order valence-electron chi connectivity index (χ4n) is 9.07. The number of fused-ring (bicyclic) bond motifs is 2. The number of phenols is 3. The summed E-state index contributed by atoms with van der Waals surface area (Å²) in [5.41, 5.74) is 7.02. The molecule has 8 N–H and O–H groups in total. The van der Waals surface area contributed by atoms with Gasteiger partial charge in [0.05, 0.1) is 18.8 Å². The number of aliphatic hydroxyl groups is 2. The number of hydrogen-bond donors (Lipinski definition) is 8. The average Bonchev–Trinajstić information content (AvgIpc) is 3.79. The van der Waals surface area contributed by atoms with Crippen molar-refractivity contribution in [1.82, 2.24) is 15.6 Å². The number of methoxy groups -OCH3 is 1. The number of aromatic amines is 1. The topological polar surface area (TPSA) is 177 Å². The number of aromatic nitrogens is 1. The highest BCUT2D eigenvalue weighted by Gasteiger charge is 2.32. The van der Waals surface area contributed by atoms with Gasteiger partial charge >= 0.3 is 0 Å². The van der Waals surface area contributed by atoms with Gasteiger partial charge in [-0.15, -0.1) is 0 Å². The molecule has 0 fully saturated rings. The Morgan fingerprint density at radius 3 is 2.46 bits per heavy atom. The Labute approximate surface area is 389 Å². The first-order valence-corrected chi connectivity index (χ1v) is 24.7. The van der Waals surface area contributed by atoms with E-state index in [-0.39, 0.29) is 42.6 Å². The first kappa shape index (κ1) is 47.8. The highest BCUT2D eigenvalue weighted by molar-refractivity contribution is 8.76. The third-order valence-corrected chi connectivity index (χ3v) is 14.9. The average molecular weight is 920 g/mol. The van der Waals surface area contributed by atoms with Gasteiger partial charge in [-0.25, -0.2) is 0 Å². The fourth-order valence-corrected chi connectivity index (χ4v) is 11.6. The molecule has 13 heteroatoms. The van der Waals surface area contributed by atoms with Gasteiger partial charge in [-0.3, -0.25) is 10.1 Å². The highest BCUT2D eigenvalue weighted by atomic mass is 33.1. The van der Waals surface area contributed by atoms with Crippen molar-refractivity contribution >= 4 is 38.1 Å². The van der Waals surface area contributed by atoms with Crippen LogP contribution in [0.4, 0.5) is 0 Å². The van der Waals surface area contributed by atoms with Gasteiger partial charge in [-0.05, 0) is 126 Å². The Morgan fingerprint density at radius 1 is 0.908 bits per heavy atom. The Bertz CT molecular complexity index is 2560. The maximum Gasteiger partial charge on any atom is 0.167 e. The van der Waals surface area contributed by atoms with Gasteiger partial charge in [0.1, 0.15) is 18.3 Å². The van der Waals surface area contributed by atoms with Crippen LogP contribution < -0.4 is 20.1 Å². The third kappa shape index (κ3) is 11.8. The minimum absolute atomic E-state index is 0.0288. The van der Waals surface area contributed by atoms with Gasteiger partial charge in [-0.1, -0.05) is 83.1 Å². The van der Waals surface area contributed by atoms with Gasteiger partial charge in [0.2, 0.25) is 0 Å². The molecule has 0 saturated heterocycles. The molecule has 1 aromatic heterocycles. The van der Waals surface area contributed by atoms with E-state index in [2.05, 4.69) is 46.8 Å². The van der Waals surface area contributed by atoms with Crippen LogP contribution in [0.25, 0.3) is 10.8 Å². The van der Waals surface area contributed by atoms with Gasteiger partial charge in [0, 0.05) is 66.9 Å². The Kier molecular flexibility index (Phi) is 16.1. The highest BCUT2D eigenvalue weighted by Crippen LogP contribution is 2.42. The number of ether oxygens (including phenoxy) is 2. The molecule has 1 aliphatic heterocycles. The largest absolute Gasteiger partial charge is 0.508 e. The number of ketones is 1. The number of phenolic OH excluding ortho intramolecular Hbond substituents is 3. The fraction of sp³-hybridized carbons (Fsp3) is 0.365. The number of Topliss-reactive ketones (excluding diaryl/α,β-unsaturated/α-hetero) is 1. The smallest absolute Gasteiger partial charge is 0.167 e. The van der Waals surface area contributed by atoms with E-state index in [1.54, 1.807) is 38.3 Å². The molecule has 65 heavy (non-hydrogen) atoms. The SMILES string of the molecule is CCc1ccc2ccccc2c1Cc1c(CC(Cc2cc[nH]c2)C(O)CC(=O)C(Cc2ccc(O)c3c2CSSCC(C)(O)CNCO3)c2cc(O)cc(CNC)c2)ccc(O)c1OC. The minimum atomic E-state index is -1.09. The summed E-state index contributed by atoms with van der Waals surface area (Å²) in [6.07, 6.45) is 4.87. The summed E-state index contributed by atoms with van der Waals surface area (Å²) in [5, 5.41) is 65.0. The van der Waals surface area contributed by atoms with Gasteiger partial charge in [-0.2, -0.15) is 0 Å². The van der Waals surface area contributed by atoms with Crippen molar-refractivity contribution in [2.75, 3.05) is 33.2 Å². The second-order valence-corrected chi connectivity index (χ2v) is 19.8. The molecule has 0 saturated carbocycles. The van der Waals surface area contributed by atoms with E-state index >= 15 is 4.79 Å². The number of hydrogen-bond acceptors (Lipinski definition) is 12. The molecule has 0 aliphatic carbocycles. The van der Waals surface area contributed by atoms with Crippen LogP contribution in [0.3, 0.4) is 0 Å². The lowest BCUT2D eigenvalue weighted by Gasteiger charge is -2.27. The van der Waals surface area contributed by atoms with E-state index in [9.17, 15) is 25.5 Å². The summed E-state index contributed by atoms with van der Waals surface area (Å²) in [6.45, 7) is 4.73. The summed E-state index contributed by atoms with van der Waals surface area (Å²) >= 11 is 0. The monoisotopic (exact) mass is 919 g/mol. The molecule has 4 unspecified atom stereocenters. The predicted molar refractivity (Wildman–Crippen MR) is 261 cm³/mol. The molecule has 7 rings (SSSR count). The Balaban J connectivity index is 1.25. The quantitative estimate of drug-likeness (QED) is 0.0411. The molecule has 2 heterocycles. The van der Waals surface area contributed by atoms with Gasteiger partial charge < -0.3 is 45.3 Å². The standard InChI is InChI=1S/C52H61N3O8S2/c1-5-34-10-11-35-8-6-7-9-41(35)42(34)24-44-36(12-14-46(57)50(44)62-4)21-39(18-32-16-17-54-27-32)48(59)25-49(60)43(38-19-33(26-53-3)20-40(56)22-38)23-37-13-15-47(58)51-45(37)28-64-65-30-52(2,61)29-55-31-63-51/h6-17,19-20,22,27,39,43,48,53-59,61H,5,18,21,23-26,28-31H2,1-4H3. The summed E-state index contributed by atoms with van der Waals surface area (Å²) in [5.74, 6) is 0.211. The second kappa shape index (κ2) is 21.9. The van der Waals surface area contributed by atoms with E-state index in [0.29, 0.717) is 60.9 Å². The predicted octanol–water partition coefficient (Wildman–Crippen LogP) is 8.49. The van der Waals surface area contributed by atoms with E-state index in [1.807, 2.05) is 55.8 Å². The number of nitrogens with one attached hydrogen (secondary N) is 3. The molecule has 5 aromatic carbocycles. The zero-order valence-electron chi connectivity index (χ0n) is 37.5. The van der Waals surface area contributed by atoms with Crippen LogP contribution in [-0.4, -0.2) is 81.2 Å². The van der Waals surface area contributed by atoms with Crippen molar-refractivity contribution in [2.45, 2.75) is 82.3 Å². The van der Waals surface area contributed by atoms with E-state index in [1.165, 1.54) is 27.2 Å². The van der Waals surface area contributed by atoms with E-state index < -0.39 is 23.5 Å². The Hall–Kier alpha value is -5.15. The summed E-state index contributed by atoms with van der Waals surface area (Å²) < 4.78 is 12.0. The number of H-pyrrole nitrogens is 1. The van der Waals surface area contributed by atoms with Crippen LogP contribution >= 0.6 is 21.6 Å². The minimum Gasteiger partial charge on any atom is -0.508 e. The van der Waals surface area contributed by atoms with Gasteiger partial charge in [0.25, 0.3) is 0 Å². The van der Waals surface area contributed by atoms with Crippen LogP contribution in [0.1, 0.15) is 76.3 Å². The number of aliphatic hydroxyl groups excluding tert-OH is 1. The zero-order chi connectivity index (χ0) is 46.1. The molecule has 0 spiro atoms. The van der Waals surface area contributed by atoms with Crippen molar-refractivity contribution in [3.63, 3.8) is 0 Å². The lowest BCUT2D eigenvalue weighted by Crippen LogP contribution is -2.41. The van der Waals surface area contributed by atoms with Crippen molar-refractivity contribution < 1.29 is 39.8 Å². The van der Waals surface area contributed by atoms with Crippen molar-refractivity contribution in [2.24, 2.45) is 5.92 Å². The number of aryl methyl sites for hydroxylation is 1. The molecule has 6 aromatic rings. The maximum atomic E-state index is 15.1. The third-order valence-electron chi connectivity index (χ3n) is 12.4. The van der Waals surface area contributed by atoms with Crippen LogP contribution in [-0.2, 0) is 49.2 Å². The van der Waals surface area contributed by atoms with E-state index in [0.717, 1.165) is 56.1 Å². The summed E-state index contributed by atoms with van der Waals surface area (Å²) in [4.78, 5) is 18.2. The molecule has 11 nitrogen and oxygen atoms in total. The molecular weight excluding hydrogens is 859 g/mol. The maximum absolute atomic E-state index is 15.1. The van der Waals surface area contributed by atoms with Crippen LogP contribution in [0.5, 0.6) is 28.7 Å². The molecule has 4 atom stereocenters. The molecule has 1 aliphatic rings. The summed E-state index contributed by atoms with van der Waals surface area (Å²) in [6, 6.07) is 26.7. The molecule has 0 bridgehead atoms. The number of carbonyl (C=O) groups excluding carboxylic acids is 1. The number of carbonyl (C=O) groups is 1. The molecule has 0 radical (unpaired) electrons. The zero-order valence-corrected chi connectivity index (χ0v) is 39.2. The van der Waals surface area contributed by atoms with Crippen LogP contribution in [0.2, 0.25) is 0 Å². The number of rotatable bonds is 17. The van der Waals surface area contributed by atoms with Crippen LogP contribution in [0, 0.1) is 5.92 Å². The number of aromatic hydroxyl groups is 3. The Morgan fingerprint density at radius 2 is 1.69 bits per heavy atom. The van der Waals surface area contributed by atoms with Crippen molar-refractivity contribution in [3.8, 4) is 28.7 Å². The molecular formula is C52H61N3O8S2. The molecule has 344 valence electrons. The van der Waals surface area contributed by atoms with Gasteiger partial charge in [0.15, 0.2) is 23.0 Å². The van der Waals surface area contributed by atoms with Crippen molar-refractivity contribution in [1.29, 1.82) is 0 Å². The first-order valence-electron chi connectivity index (χ1n) is 22.2. The summed E-state index contributed by atoms with van der Waals surface area (Å²) in [7, 11) is 6.43. The number of β-amino-alcohol motifs (C(OH)–C–C–N with tert-alkyl or cyclic N) is 1. The van der Waals surface area contributed by atoms with E-state index in [4.69, 9.17) is 9.47 Å². The number of benzene rings is 5. The lowest BCUT2D eigenvalue weighted by molar-refractivity contribution is -0.123. The van der Waals surface area contributed by atoms with Crippen LogP contribution in [0.15, 0.2) is 97.3 Å². The lowest BCUT2D eigenvalue weighted by atomic mass is 9.80.